The summed E-state index contributed by atoms with van der Waals surface area (Å²) in [6.45, 7) is 10.4. The normalized spacial score (nSPS) is 23.7. The van der Waals surface area contributed by atoms with Crippen LogP contribution in [0.4, 0.5) is 0 Å². The molecule has 5 rings (SSSR count). The minimum absolute atomic E-state index is 0.130. The first-order valence-electron chi connectivity index (χ1n) is 18.2. The Morgan fingerprint density at radius 1 is 0.902 bits per heavy atom. The predicted octanol–water partition coefficient (Wildman–Crippen LogP) is 2.04. The van der Waals surface area contributed by atoms with Gasteiger partial charge in [0.2, 0.25) is 23.6 Å². The molecule has 4 amide bonds. The zero-order valence-electron chi connectivity index (χ0n) is 30.3. The molecule has 12 heteroatoms. The molecule has 0 aliphatic carbocycles. The fraction of sp³-hybridized carbons (Fsp3) is 0.564. The molecule has 6 atom stereocenters. The predicted molar refractivity (Wildman–Crippen MR) is 191 cm³/mol. The standard InChI is InChI=1S/C39H53N5O7/c1-26(2)21-31(35(46)39(4)25-51-39)41-37(48)33(23-29-13-9-6-10-14-29)44-27(3)22-32(38(44)49)42-36(47)30(16-15-28-11-7-5-8-12-28)40-34(45)24-43-17-19-50-20-18-43/h5-14,26-27,30-33H,15-25H2,1-4H3,(H,40,45)(H,41,48)(H,42,47)/t27?,30-,31+,32+,33+,39+/m1/s1. The molecule has 3 heterocycles. The lowest BCUT2D eigenvalue weighted by molar-refractivity contribution is -0.142. The molecule has 0 bridgehead atoms. The van der Waals surface area contributed by atoms with Gasteiger partial charge in [0.05, 0.1) is 32.4 Å². The van der Waals surface area contributed by atoms with Gasteiger partial charge < -0.3 is 30.3 Å². The van der Waals surface area contributed by atoms with Crippen molar-refractivity contribution in [3.8, 4) is 0 Å². The minimum Gasteiger partial charge on any atom is -0.379 e. The van der Waals surface area contributed by atoms with Crippen LogP contribution in [0.3, 0.4) is 0 Å². The van der Waals surface area contributed by atoms with E-state index in [9.17, 15) is 24.0 Å². The summed E-state index contributed by atoms with van der Waals surface area (Å²) < 4.78 is 10.8. The van der Waals surface area contributed by atoms with Gasteiger partial charge in [-0.2, -0.15) is 0 Å². The van der Waals surface area contributed by atoms with Gasteiger partial charge in [-0.05, 0) is 56.6 Å². The fourth-order valence-corrected chi connectivity index (χ4v) is 6.98. The molecule has 51 heavy (non-hydrogen) atoms. The number of benzene rings is 2. The van der Waals surface area contributed by atoms with Crippen molar-refractivity contribution in [2.24, 2.45) is 5.92 Å². The molecule has 0 radical (unpaired) electrons. The van der Waals surface area contributed by atoms with Crippen molar-refractivity contribution in [1.82, 2.24) is 25.8 Å². The molecule has 3 fully saturated rings. The second kappa shape index (κ2) is 17.4. The van der Waals surface area contributed by atoms with Crippen LogP contribution in [-0.4, -0.2) is 114 Å². The van der Waals surface area contributed by atoms with Crippen molar-refractivity contribution in [3.05, 3.63) is 71.8 Å². The summed E-state index contributed by atoms with van der Waals surface area (Å²) in [4.78, 5) is 72.3. The summed E-state index contributed by atoms with van der Waals surface area (Å²) in [7, 11) is 0. The Bertz CT molecular complexity index is 1510. The summed E-state index contributed by atoms with van der Waals surface area (Å²) in [6, 6.07) is 15.3. The average molecular weight is 704 g/mol. The Morgan fingerprint density at radius 3 is 2.14 bits per heavy atom. The van der Waals surface area contributed by atoms with Gasteiger partial charge in [-0.25, -0.2) is 0 Å². The van der Waals surface area contributed by atoms with Gasteiger partial charge in [0, 0.05) is 25.6 Å². The number of nitrogens with one attached hydrogen (secondary N) is 3. The Morgan fingerprint density at radius 2 is 1.53 bits per heavy atom. The van der Waals surface area contributed by atoms with E-state index in [1.807, 2.05) is 86.3 Å². The van der Waals surface area contributed by atoms with Gasteiger partial charge in [0.25, 0.3) is 0 Å². The molecule has 0 spiro atoms. The van der Waals surface area contributed by atoms with Crippen LogP contribution >= 0.6 is 0 Å². The number of morpholine rings is 1. The van der Waals surface area contributed by atoms with Gasteiger partial charge in [-0.3, -0.25) is 28.9 Å². The van der Waals surface area contributed by atoms with E-state index < -0.39 is 41.6 Å². The lowest BCUT2D eigenvalue weighted by Crippen LogP contribution is -2.57. The molecule has 2 aromatic rings. The summed E-state index contributed by atoms with van der Waals surface area (Å²) in [6.07, 6.45) is 1.86. The Hall–Kier alpha value is -4.13. The van der Waals surface area contributed by atoms with Crippen LogP contribution < -0.4 is 16.0 Å². The third-order valence-electron chi connectivity index (χ3n) is 9.96. The highest BCUT2D eigenvalue weighted by Crippen LogP contribution is 2.30. The number of aryl methyl sites for hydroxylation is 1. The van der Waals surface area contributed by atoms with E-state index in [2.05, 4.69) is 16.0 Å². The topological polar surface area (TPSA) is 150 Å². The van der Waals surface area contributed by atoms with Crippen LogP contribution in [-0.2, 0) is 46.3 Å². The van der Waals surface area contributed by atoms with Crippen molar-refractivity contribution in [3.63, 3.8) is 0 Å². The van der Waals surface area contributed by atoms with Crippen LogP contribution in [0.2, 0.25) is 0 Å². The molecule has 12 nitrogen and oxygen atoms in total. The smallest absolute Gasteiger partial charge is 0.246 e. The second-order valence-electron chi connectivity index (χ2n) is 14.7. The first-order valence-corrected chi connectivity index (χ1v) is 18.2. The third-order valence-corrected chi connectivity index (χ3v) is 9.96. The summed E-state index contributed by atoms with van der Waals surface area (Å²) in [5.41, 5.74) is 0.974. The van der Waals surface area contributed by atoms with Gasteiger partial charge >= 0.3 is 0 Å². The third kappa shape index (κ3) is 10.5. The van der Waals surface area contributed by atoms with Crippen LogP contribution in [0.25, 0.3) is 0 Å². The van der Waals surface area contributed by atoms with Gasteiger partial charge in [0.15, 0.2) is 5.78 Å². The molecule has 0 saturated carbocycles. The molecular weight excluding hydrogens is 650 g/mol. The molecule has 1 unspecified atom stereocenters. The molecule has 3 N–H and O–H groups in total. The van der Waals surface area contributed by atoms with E-state index in [1.54, 1.807) is 11.8 Å². The molecule has 2 aromatic carbocycles. The summed E-state index contributed by atoms with van der Waals surface area (Å²) >= 11 is 0. The number of carbonyl (C=O) groups excluding carboxylic acids is 5. The average Bonchev–Trinajstić information content (AvgIpc) is 3.81. The highest BCUT2D eigenvalue weighted by atomic mass is 16.6. The number of hydrogen-bond acceptors (Lipinski definition) is 8. The SMILES string of the molecule is CC(C)C[C@H](NC(=O)[C@H](Cc1ccccc1)N1C(=O)[C@@H](NC(=O)[C@@H](CCc2ccccc2)NC(=O)CN2CCOCC2)CC1C)C(=O)[C@]1(C)CO1. The molecule has 0 aromatic heterocycles. The molecular formula is C39H53N5O7. The summed E-state index contributed by atoms with van der Waals surface area (Å²) in [5.74, 6) is -1.56. The number of ketones is 1. The fourth-order valence-electron chi connectivity index (χ4n) is 6.98. The maximum absolute atomic E-state index is 14.2. The van der Waals surface area contributed by atoms with Crippen LogP contribution in [0, 0.1) is 5.92 Å². The van der Waals surface area contributed by atoms with E-state index in [-0.39, 0.29) is 48.9 Å². The maximum Gasteiger partial charge on any atom is 0.246 e. The van der Waals surface area contributed by atoms with Crippen LogP contribution in [0.15, 0.2) is 60.7 Å². The van der Waals surface area contributed by atoms with E-state index in [1.165, 1.54) is 0 Å². The van der Waals surface area contributed by atoms with E-state index in [0.29, 0.717) is 52.2 Å². The highest BCUT2D eigenvalue weighted by molar-refractivity contribution is 5.99. The first kappa shape index (κ1) is 38.1. The molecule has 3 aliphatic heterocycles. The zero-order chi connectivity index (χ0) is 36.5. The first-order chi connectivity index (χ1) is 24.4. The van der Waals surface area contributed by atoms with Crippen molar-refractivity contribution in [2.75, 3.05) is 39.5 Å². The lowest BCUT2D eigenvalue weighted by atomic mass is 9.92. The van der Waals surface area contributed by atoms with Crippen molar-refractivity contribution < 1.29 is 33.4 Å². The Kier molecular flexibility index (Phi) is 13.0. The van der Waals surface area contributed by atoms with E-state index in [4.69, 9.17) is 9.47 Å². The molecule has 3 aliphatic rings. The van der Waals surface area contributed by atoms with E-state index in [0.717, 1.165) is 11.1 Å². The number of Topliss-reactive ketones (excluding diaryl/α,β-unsaturated/α-hetero) is 1. The largest absolute Gasteiger partial charge is 0.379 e. The molecule has 3 saturated heterocycles. The van der Waals surface area contributed by atoms with Crippen molar-refractivity contribution in [1.29, 1.82) is 0 Å². The second-order valence-corrected chi connectivity index (χ2v) is 14.7. The number of carbonyl (C=O) groups is 5. The lowest BCUT2D eigenvalue weighted by Gasteiger charge is -2.33. The van der Waals surface area contributed by atoms with Crippen LogP contribution in [0.1, 0.15) is 58.1 Å². The van der Waals surface area contributed by atoms with Gasteiger partial charge in [-0.15, -0.1) is 0 Å². The van der Waals surface area contributed by atoms with Crippen LogP contribution in [0.5, 0.6) is 0 Å². The number of amides is 4. The number of nitrogens with zero attached hydrogens (tertiary/aromatic N) is 2. The number of hydrogen-bond donors (Lipinski definition) is 3. The number of epoxide rings is 1. The Balaban J connectivity index is 1.31. The minimum atomic E-state index is -0.922. The molecule has 276 valence electrons. The van der Waals surface area contributed by atoms with E-state index >= 15 is 0 Å². The maximum atomic E-state index is 14.2. The summed E-state index contributed by atoms with van der Waals surface area (Å²) in [5, 5.41) is 8.83. The van der Waals surface area contributed by atoms with Crippen molar-refractivity contribution in [2.45, 2.75) is 95.6 Å². The number of likely N-dealkylation sites (tertiary alicyclic amines) is 1. The van der Waals surface area contributed by atoms with Crippen molar-refractivity contribution >= 4 is 29.4 Å². The van der Waals surface area contributed by atoms with Gasteiger partial charge in [-0.1, -0.05) is 74.5 Å². The number of rotatable bonds is 17. The van der Waals surface area contributed by atoms with Gasteiger partial charge in [0.1, 0.15) is 23.7 Å². The number of ether oxygens (including phenoxy) is 2. The quantitative estimate of drug-likeness (QED) is 0.212. The monoisotopic (exact) mass is 703 g/mol. The highest BCUT2D eigenvalue weighted by Gasteiger charge is 2.51. The Labute approximate surface area is 301 Å². The zero-order valence-corrected chi connectivity index (χ0v) is 30.3.